The summed E-state index contributed by atoms with van der Waals surface area (Å²) in [5.41, 5.74) is 2.39. The summed E-state index contributed by atoms with van der Waals surface area (Å²) in [6, 6.07) is 9.44. The number of hydrogen-bond donors (Lipinski definition) is 0. The molecule has 0 aliphatic carbocycles. The van der Waals surface area contributed by atoms with Crippen molar-refractivity contribution >= 4 is 28.2 Å². The molecule has 17 heavy (non-hydrogen) atoms. The van der Waals surface area contributed by atoms with Crippen molar-refractivity contribution in [1.82, 2.24) is 10.3 Å². The highest BCUT2D eigenvalue weighted by Gasteiger charge is 2.11. The average molecular weight is 244 g/mol. The van der Waals surface area contributed by atoms with E-state index in [1.165, 1.54) is 11.3 Å². The predicted octanol–water partition coefficient (Wildman–Crippen LogP) is 3.15. The minimum absolute atomic E-state index is 0.0757. The Hall–Kier alpha value is -2.01. The topological polar surface area (TPSA) is 56.0 Å². The first-order chi connectivity index (χ1) is 8.25. The van der Waals surface area contributed by atoms with E-state index in [4.69, 9.17) is 4.63 Å². The molecule has 0 radical (unpaired) electrons. The molecule has 3 rings (SSSR count). The molecule has 0 spiro atoms. The lowest BCUT2D eigenvalue weighted by atomic mass is 10.1. The van der Waals surface area contributed by atoms with Gasteiger partial charge in [-0.15, -0.1) is 11.3 Å². The van der Waals surface area contributed by atoms with Crippen molar-refractivity contribution in [3.63, 3.8) is 0 Å². The van der Waals surface area contributed by atoms with E-state index >= 15 is 0 Å². The van der Waals surface area contributed by atoms with E-state index in [0.717, 1.165) is 26.4 Å². The fourth-order valence-corrected chi connectivity index (χ4v) is 2.60. The summed E-state index contributed by atoms with van der Waals surface area (Å²) in [6.07, 6.45) is 0. The number of ketones is 1. The van der Waals surface area contributed by atoms with Gasteiger partial charge in [-0.2, -0.15) is 0 Å². The van der Waals surface area contributed by atoms with Gasteiger partial charge in [0.15, 0.2) is 5.78 Å². The molecule has 3 aromatic rings. The Kier molecular flexibility index (Phi) is 2.26. The Morgan fingerprint density at radius 1 is 1.24 bits per heavy atom. The quantitative estimate of drug-likeness (QED) is 0.650. The fraction of sp³-hybridized carbons (Fsp3) is 0.0833. The summed E-state index contributed by atoms with van der Waals surface area (Å²) in [5, 5.41) is 7.68. The molecule has 0 atom stereocenters. The minimum Gasteiger partial charge on any atom is -0.294 e. The molecular formula is C12H8N2O2S. The standard InChI is InChI=1S/C12H8N2O2S/c1-7(15)10-5-6-11(17-10)8-3-2-4-9-12(8)14-16-13-9/h2-6H,1H3. The first-order valence-corrected chi connectivity index (χ1v) is 5.90. The first kappa shape index (κ1) is 10.2. The number of carbonyl (C=O) groups is 1. The summed E-state index contributed by atoms with van der Waals surface area (Å²) in [4.78, 5) is 13.0. The van der Waals surface area contributed by atoms with Gasteiger partial charge >= 0.3 is 0 Å². The number of carbonyl (C=O) groups excluding carboxylic acids is 1. The van der Waals surface area contributed by atoms with Crippen molar-refractivity contribution in [2.75, 3.05) is 0 Å². The molecule has 0 saturated carbocycles. The molecule has 2 aromatic heterocycles. The molecule has 1 aromatic carbocycles. The Morgan fingerprint density at radius 3 is 2.88 bits per heavy atom. The van der Waals surface area contributed by atoms with E-state index < -0.39 is 0 Å². The number of Topliss-reactive ketones (excluding diaryl/α,β-unsaturated/α-hetero) is 1. The van der Waals surface area contributed by atoms with E-state index in [9.17, 15) is 4.79 Å². The van der Waals surface area contributed by atoms with Gasteiger partial charge in [0.05, 0.1) is 4.88 Å². The van der Waals surface area contributed by atoms with Gasteiger partial charge in [-0.25, -0.2) is 4.63 Å². The van der Waals surface area contributed by atoms with Gasteiger partial charge in [0.2, 0.25) is 0 Å². The molecule has 0 aliphatic heterocycles. The van der Waals surface area contributed by atoms with Crippen molar-refractivity contribution in [1.29, 1.82) is 0 Å². The molecule has 84 valence electrons. The summed E-state index contributed by atoms with van der Waals surface area (Å²) < 4.78 is 4.72. The minimum atomic E-state index is 0.0757. The Labute approximate surface area is 101 Å². The van der Waals surface area contributed by atoms with E-state index in [0.29, 0.717) is 0 Å². The lowest BCUT2D eigenvalue weighted by Crippen LogP contribution is -1.83. The second kappa shape index (κ2) is 3.78. The third-order valence-electron chi connectivity index (χ3n) is 2.50. The lowest BCUT2D eigenvalue weighted by molar-refractivity contribution is 0.102. The molecule has 0 saturated heterocycles. The van der Waals surface area contributed by atoms with Gasteiger partial charge < -0.3 is 0 Å². The number of thiophene rings is 1. The highest BCUT2D eigenvalue weighted by molar-refractivity contribution is 7.17. The van der Waals surface area contributed by atoms with Crippen molar-refractivity contribution < 1.29 is 9.42 Å². The molecule has 0 unspecified atom stereocenters. The Bertz CT molecular complexity index is 699. The van der Waals surface area contributed by atoms with Gasteiger partial charge in [-0.3, -0.25) is 4.79 Å². The normalized spacial score (nSPS) is 10.9. The van der Waals surface area contributed by atoms with Gasteiger partial charge in [-0.05, 0) is 35.4 Å². The smallest absolute Gasteiger partial charge is 0.169 e. The van der Waals surface area contributed by atoms with Gasteiger partial charge in [0, 0.05) is 10.4 Å². The molecule has 0 aliphatic rings. The molecule has 5 heteroatoms. The lowest BCUT2D eigenvalue weighted by Gasteiger charge is -1.95. The Balaban J connectivity index is 2.19. The molecule has 0 amide bonds. The van der Waals surface area contributed by atoms with Crippen LogP contribution in [0.15, 0.2) is 35.0 Å². The number of rotatable bonds is 2. The zero-order valence-corrected chi connectivity index (χ0v) is 9.82. The molecule has 0 N–H and O–H groups in total. The van der Waals surface area contributed by atoms with Crippen LogP contribution in [0.2, 0.25) is 0 Å². The summed E-state index contributed by atoms with van der Waals surface area (Å²) in [6.45, 7) is 1.56. The van der Waals surface area contributed by atoms with Gasteiger partial charge in [-0.1, -0.05) is 12.1 Å². The van der Waals surface area contributed by atoms with Crippen LogP contribution in [0.1, 0.15) is 16.6 Å². The van der Waals surface area contributed by atoms with Crippen LogP contribution in [0.4, 0.5) is 0 Å². The largest absolute Gasteiger partial charge is 0.294 e. The van der Waals surface area contributed by atoms with Crippen LogP contribution < -0.4 is 0 Å². The maximum absolute atomic E-state index is 11.3. The van der Waals surface area contributed by atoms with E-state index in [1.54, 1.807) is 6.92 Å². The Morgan fingerprint density at radius 2 is 2.12 bits per heavy atom. The van der Waals surface area contributed by atoms with Crippen LogP contribution in [-0.4, -0.2) is 16.1 Å². The van der Waals surface area contributed by atoms with Crippen molar-refractivity contribution in [3.8, 4) is 10.4 Å². The van der Waals surface area contributed by atoms with Crippen molar-refractivity contribution in [2.45, 2.75) is 6.92 Å². The van der Waals surface area contributed by atoms with Crippen LogP contribution >= 0.6 is 11.3 Å². The number of nitrogens with zero attached hydrogens (tertiary/aromatic N) is 2. The number of benzene rings is 1. The van der Waals surface area contributed by atoms with Crippen molar-refractivity contribution in [2.24, 2.45) is 0 Å². The summed E-state index contributed by atoms with van der Waals surface area (Å²) in [5.74, 6) is 0.0757. The first-order valence-electron chi connectivity index (χ1n) is 5.08. The summed E-state index contributed by atoms with van der Waals surface area (Å²) >= 11 is 1.45. The molecule has 2 heterocycles. The predicted molar refractivity (Wildman–Crippen MR) is 65.1 cm³/mol. The number of aromatic nitrogens is 2. The zero-order chi connectivity index (χ0) is 11.8. The number of fused-ring (bicyclic) bond motifs is 1. The van der Waals surface area contributed by atoms with Gasteiger partial charge in [0.25, 0.3) is 0 Å². The molecule has 0 fully saturated rings. The van der Waals surface area contributed by atoms with Crippen molar-refractivity contribution in [3.05, 3.63) is 35.2 Å². The molecular weight excluding hydrogens is 236 g/mol. The average Bonchev–Trinajstić information content (AvgIpc) is 2.97. The fourth-order valence-electron chi connectivity index (χ4n) is 1.68. The van der Waals surface area contributed by atoms with E-state index in [-0.39, 0.29) is 5.78 Å². The van der Waals surface area contributed by atoms with E-state index in [2.05, 4.69) is 10.3 Å². The molecule has 4 nitrogen and oxygen atoms in total. The van der Waals surface area contributed by atoms with Crippen LogP contribution in [0, 0.1) is 0 Å². The second-order valence-electron chi connectivity index (χ2n) is 3.66. The van der Waals surface area contributed by atoms with E-state index in [1.807, 2.05) is 30.3 Å². The second-order valence-corrected chi connectivity index (χ2v) is 4.74. The summed E-state index contributed by atoms with van der Waals surface area (Å²) in [7, 11) is 0. The van der Waals surface area contributed by atoms with Crippen LogP contribution in [0.5, 0.6) is 0 Å². The van der Waals surface area contributed by atoms with Gasteiger partial charge in [0.1, 0.15) is 11.0 Å². The highest BCUT2D eigenvalue weighted by atomic mass is 32.1. The highest BCUT2D eigenvalue weighted by Crippen LogP contribution is 2.32. The third-order valence-corrected chi connectivity index (χ3v) is 3.72. The van der Waals surface area contributed by atoms with Crippen LogP contribution in [0.25, 0.3) is 21.5 Å². The maximum atomic E-state index is 11.3. The van der Waals surface area contributed by atoms with Crippen LogP contribution in [0.3, 0.4) is 0 Å². The van der Waals surface area contributed by atoms with Crippen LogP contribution in [-0.2, 0) is 0 Å². The number of hydrogen-bond acceptors (Lipinski definition) is 5. The zero-order valence-electron chi connectivity index (χ0n) is 9.01. The molecule has 0 bridgehead atoms. The third kappa shape index (κ3) is 1.64. The SMILES string of the molecule is CC(=O)c1ccc(-c2cccc3nonc23)s1. The monoisotopic (exact) mass is 244 g/mol. The maximum Gasteiger partial charge on any atom is 0.169 e.